The van der Waals surface area contributed by atoms with Crippen LogP contribution in [-0.4, -0.2) is 29.1 Å². The molecule has 1 aliphatic heterocycles. The van der Waals surface area contributed by atoms with Crippen molar-refractivity contribution in [1.29, 1.82) is 0 Å². The van der Waals surface area contributed by atoms with Crippen LogP contribution in [0.5, 0.6) is 0 Å². The fourth-order valence-corrected chi connectivity index (χ4v) is 3.72. The van der Waals surface area contributed by atoms with E-state index in [1.165, 1.54) is 19.3 Å². The van der Waals surface area contributed by atoms with Crippen molar-refractivity contribution in [2.45, 2.75) is 78.6 Å². The Morgan fingerprint density at radius 3 is 2.47 bits per heavy atom. The Hall–Kier alpha value is -0.570. The summed E-state index contributed by atoms with van der Waals surface area (Å²) < 4.78 is 0. The Morgan fingerprint density at radius 1 is 1.21 bits per heavy atom. The maximum Gasteiger partial charge on any atom is 0.241 e. The van der Waals surface area contributed by atoms with Crippen molar-refractivity contribution in [3.05, 3.63) is 0 Å². The molecule has 1 N–H and O–H groups in total. The monoisotopic (exact) mass is 266 g/mol. The maximum atomic E-state index is 12.6. The smallest absolute Gasteiger partial charge is 0.241 e. The van der Waals surface area contributed by atoms with E-state index in [1.807, 2.05) is 0 Å². The van der Waals surface area contributed by atoms with Crippen LogP contribution in [0.3, 0.4) is 0 Å². The van der Waals surface area contributed by atoms with E-state index in [4.69, 9.17) is 0 Å². The van der Waals surface area contributed by atoms with Crippen molar-refractivity contribution in [2.24, 2.45) is 17.8 Å². The molecule has 0 radical (unpaired) electrons. The summed E-state index contributed by atoms with van der Waals surface area (Å²) in [6.45, 7) is 11.2. The first-order chi connectivity index (χ1) is 8.90. The third kappa shape index (κ3) is 3.13. The minimum absolute atomic E-state index is 0.0460. The summed E-state index contributed by atoms with van der Waals surface area (Å²) in [6, 6.07) is 0.503. The van der Waals surface area contributed by atoms with Crippen molar-refractivity contribution < 1.29 is 4.79 Å². The molecule has 0 bridgehead atoms. The van der Waals surface area contributed by atoms with Gasteiger partial charge in [-0.15, -0.1) is 0 Å². The van der Waals surface area contributed by atoms with Crippen LogP contribution in [0.15, 0.2) is 0 Å². The van der Waals surface area contributed by atoms with Crippen LogP contribution >= 0.6 is 0 Å². The third-order valence-corrected chi connectivity index (χ3v) is 5.08. The Labute approximate surface area is 118 Å². The molecule has 0 spiro atoms. The summed E-state index contributed by atoms with van der Waals surface area (Å²) in [7, 11) is 0. The molecule has 2 fully saturated rings. The molecule has 19 heavy (non-hydrogen) atoms. The van der Waals surface area contributed by atoms with Crippen LogP contribution < -0.4 is 5.32 Å². The van der Waals surface area contributed by atoms with Crippen LogP contribution in [0.1, 0.15) is 60.3 Å². The quantitative estimate of drug-likeness (QED) is 0.851. The lowest BCUT2D eigenvalue weighted by Crippen LogP contribution is -2.46. The summed E-state index contributed by atoms with van der Waals surface area (Å²) in [4.78, 5) is 14.8. The molecule has 3 heteroatoms. The molecular weight excluding hydrogens is 236 g/mol. The summed E-state index contributed by atoms with van der Waals surface area (Å²) >= 11 is 0. The van der Waals surface area contributed by atoms with Gasteiger partial charge in [-0.25, -0.2) is 0 Å². The normalized spacial score (nSPS) is 40.2. The van der Waals surface area contributed by atoms with Crippen molar-refractivity contribution in [3.63, 3.8) is 0 Å². The summed E-state index contributed by atoms with van der Waals surface area (Å²) in [5.41, 5.74) is 0. The Balaban J connectivity index is 2.02. The van der Waals surface area contributed by atoms with Crippen LogP contribution in [0, 0.1) is 17.8 Å². The van der Waals surface area contributed by atoms with Gasteiger partial charge in [0.15, 0.2) is 0 Å². The highest BCUT2D eigenvalue weighted by atomic mass is 16.2. The minimum atomic E-state index is 0.0460. The molecule has 2 aliphatic rings. The second-order valence-corrected chi connectivity index (χ2v) is 7.19. The number of nitrogens with one attached hydrogen (secondary N) is 1. The summed E-state index contributed by atoms with van der Waals surface area (Å²) in [5.74, 6) is 2.46. The zero-order chi connectivity index (χ0) is 14.2. The average molecular weight is 266 g/mol. The standard InChI is InChI=1S/C16H30N2O/c1-10(2)8-15-16(19)18(13(5)17-15)14-7-6-11(3)12(4)9-14/h10-15,17H,6-9H2,1-5H3. The number of carbonyl (C=O) groups is 1. The van der Waals surface area contributed by atoms with E-state index in [9.17, 15) is 4.79 Å². The van der Waals surface area contributed by atoms with Crippen LogP contribution in [0.25, 0.3) is 0 Å². The maximum absolute atomic E-state index is 12.6. The highest BCUT2D eigenvalue weighted by Crippen LogP contribution is 2.34. The highest BCUT2D eigenvalue weighted by Gasteiger charge is 2.42. The van der Waals surface area contributed by atoms with E-state index < -0.39 is 0 Å². The van der Waals surface area contributed by atoms with Gasteiger partial charge in [0.2, 0.25) is 5.91 Å². The molecular formula is C16H30N2O. The first kappa shape index (κ1) is 14.8. The molecule has 2 rings (SSSR count). The zero-order valence-corrected chi connectivity index (χ0v) is 13.1. The average Bonchev–Trinajstić information content (AvgIpc) is 2.58. The van der Waals surface area contributed by atoms with Gasteiger partial charge in [0.05, 0.1) is 12.2 Å². The molecule has 5 unspecified atom stereocenters. The van der Waals surface area contributed by atoms with Gasteiger partial charge in [0.25, 0.3) is 0 Å². The lowest BCUT2D eigenvalue weighted by Gasteiger charge is -2.39. The predicted octanol–water partition coefficient (Wildman–Crippen LogP) is 3.00. The molecule has 1 heterocycles. The summed E-state index contributed by atoms with van der Waals surface area (Å²) in [5, 5.41) is 3.48. The third-order valence-electron chi connectivity index (χ3n) is 5.08. The lowest BCUT2D eigenvalue weighted by atomic mass is 9.78. The van der Waals surface area contributed by atoms with Gasteiger partial charge in [-0.2, -0.15) is 0 Å². The molecule has 1 amide bonds. The van der Waals surface area contributed by atoms with Gasteiger partial charge in [0, 0.05) is 6.04 Å². The topological polar surface area (TPSA) is 32.3 Å². The SMILES string of the molecule is CC(C)CC1NC(C)N(C2CCC(C)C(C)C2)C1=O. The van der Waals surface area contributed by atoms with Gasteiger partial charge in [-0.05, 0) is 50.4 Å². The van der Waals surface area contributed by atoms with Gasteiger partial charge >= 0.3 is 0 Å². The van der Waals surface area contributed by atoms with Crippen LogP contribution in [0.2, 0.25) is 0 Å². The van der Waals surface area contributed by atoms with Gasteiger partial charge in [-0.1, -0.05) is 27.7 Å². The second-order valence-electron chi connectivity index (χ2n) is 7.19. The molecule has 1 saturated carbocycles. The molecule has 1 aliphatic carbocycles. The van der Waals surface area contributed by atoms with Crippen LogP contribution in [0.4, 0.5) is 0 Å². The Bertz CT molecular complexity index is 329. The molecule has 0 aromatic carbocycles. The first-order valence-corrected chi connectivity index (χ1v) is 7.98. The molecule has 5 atom stereocenters. The van der Waals surface area contributed by atoms with Crippen molar-refractivity contribution >= 4 is 5.91 Å². The summed E-state index contributed by atoms with van der Waals surface area (Å²) in [6.07, 6.45) is 4.78. The fourth-order valence-electron chi connectivity index (χ4n) is 3.72. The first-order valence-electron chi connectivity index (χ1n) is 7.98. The fraction of sp³-hybridized carbons (Fsp3) is 0.938. The van der Waals surface area contributed by atoms with Crippen LogP contribution in [-0.2, 0) is 4.79 Å². The second kappa shape index (κ2) is 5.82. The molecule has 0 aromatic heterocycles. The van der Waals surface area contributed by atoms with Crippen molar-refractivity contribution in [3.8, 4) is 0 Å². The number of carbonyl (C=O) groups excluding carboxylic acids is 1. The van der Waals surface area contributed by atoms with Crippen molar-refractivity contribution in [2.75, 3.05) is 0 Å². The molecule has 110 valence electrons. The number of hydrogen-bond acceptors (Lipinski definition) is 2. The zero-order valence-electron chi connectivity index (χ0n) is 13.1. The Morgan fingerprint density at radius 2 is 1.89 bits per heavy atom. The van der Waals surface area contributed by atoms with Gasteiger partial charge in [-0.3, -0.25) is 10.1 Å². The lowest BCUT2D eigenvalue weighted by molar-refractivity contribution is -0.133. The van der Waals surface area contributed by atoms with E-state index in [0.29, 0.717) is 17.9 Å². The largest absolute Gasteiger partial charge is 0.323 e. The van der Waals surface area contributed by atoms with E-state index >= 15 is 0 Å². The van der Waals surface area contributed by atoms with Gasteiger partial charge in [0.1, 0.15) is 0 Å². The molecule has 3 nitrogen and oxygen atoms in total. The van der Waals surface area contributed by atoms with E-state index in [2.05, 4.69) is 44.8 Å². The minimum Gasteiger partial charge on any atom is -0.323 e. The molecule has 1 saturated heterocycles. The van der Waals surface area contributed by atoms with E-state index in [-0.39, 0.29) is 12.2 Å². The molecule has 0 aromatic rings. The number of rotatable bonds is 3. The number of hydrogen-bond donors (Lipinski definition) is 1. The van der Waals surface area contributed by atoms with Crippen molar-refractivity contribution in [1.82, 2.24) is 10.2 Å². The van der Waals surface area contributed by atoms with Gasteiger partial charge < -0.3 is 4.90 Å². The number of amides is 1. The predicted molar refractivity (Wildman–Crippen MR) is 78.7 cm³/mol. The van der Waals surface area contributed by atoms with E-state index in [1.54, 1.807) is 0 Å². The number of nitrogens with zero attached hydrogens (tertiary/aromatic N) is 1. The highest BCUT2D eigenvalue weighted by molar-refractivity contribution is 5.84. The Kier molecular flexibility index (Phi) is 4.54. The van der Waals surface area contributed by atoms with E-state index in [0.717, 1.165) is 18.3 Å².